The van der Waals surface area contributed by atoms with Gasteiger partial charge in [0.05, 0.1) is 0 Å². The summed E-state index contributed by atoms with van der Waals surface area (Å²) in [6, 6.07) is 5.80. The van der Waals surface area contributed by atoms with E-state index in [4.69, 9.17) is 5.73 Å². The monoisotopic (exact) mass is 249 g/mol. The highest BCUT2D eigenvalue weighted by molar-refractivity contribution is 6.00. The number of rotatable bonds is 3. The number of carbonyl (C=O) groups is 1. The predicted molar refractivity (Wildman–Crippen MR) is 69.8 cm³/mol. The molecule has 0 spiro atoms. The van der Waals surface area contributed by atoms with Crippen LogP contribution in [0.5, 0.6) is 0 Å². The van der Waals surface area contributed by atoms with E-state index < -0.39 is 5.41 Å². The number of hydrogen-bond donors (Lipinski definition) is 1. The first-order valence-electron chi connectivity index (χ1n) is 6.58. The van der Waals surface area contributed by atoms with Crippen LogP contribution in [0, 0.1) is 17.2 Å². The van der Waals surface area contributed by atoms with E-state index in [-0.39, 0.29) is 11.6 Å². The Kier molecular flexibility index (Phi) is 3.81. The highest BCUT2D eigenvalue weighted by atomic mass is 19.1. The molecule has 1 saturated carbocycles. The van der Waals surface area contributed by atoms with Crippen LogP contribution >= 0.6 is 0 Å². The number of hydrogen-bond acceptors (Lipinski definition) is 2. The van der Waals surface area contributed by atoms with Gasteiger partial charge in [-0.3, -0.25) is 4.79 Å². The van der Waals surface area contributed by atoms with E-state index in [0.29, 0.717) is 18.0 Å². The van der Waals surface area contributed by atoms with Crippen molar-refractivity contribution < 1.29 is 9.18 Å². The van der Waals surface area contributed by atoms with E-state index in [1.54, 1.807) is 12.1 Å². The summed E-state index contributed by atoms with van der Waals surface area (Å²) in [5.74, 6) is 0.438. The van der Waals surface area contributed by atoms with Gasteiger partial charge in [-0.05, 0) is 55.9 Å². The molecule has 0 unspecified atom stereocenters. The Hall–Kier alpha value is -1.22. The van der Waals surface area contributed by atoms with Gasteiger partial charge in [0.1, 0.15) is 5.82 Å². The molecule has 2 N–H and O–H groups in total. The molecular formula is C15H20FNO. The van der Waals surface area contributed by atoms with E-state index in [9.17, 15) is 9.18 Å². The molecule has 0 aliphatic heterocycles. The largest absolute Gasteiger partial charge is 0.329 e. The van der Waals surface area contributed by atoms with Gasteiger partial charge in [0, 0.05) is 17.5 Å². The third-order valence-corrected chi connectivity index (χ3v) is 4.21. The summed E-state index contributed by atoms with van der Waals surface area (Å²) in [5.41, 5.74) is 6.01. The molecule has 0 atom stereocenters. The van der Waals surface area contributed by atoms with Crippen LogP contribution in [0.15, 0.2) is 24.3 Å². The Balaban J connectivity index is 2.22. The van der Waals surface area contributed by atoms with Crippen LogP contribution < -0.4 is 5.73 Å². The second-order valence-electron chi connectivity index (χ2n) is 5.50. The van der Waals surface area contributed by atoms with Crippen LogP contribution in [0.4, 0.5) is 4.39 Å². The molecule has 0 radical (unpaired) electrons. The summed E-state index contributed by atoms with van der Waals surface area (Å²) in [6.45, 7) is 2.60. The molecule has 18 heavy (non-hydrogen) atoms. The predicted octanol–water partition coefficient (Wildman–Crippen LogP) is 3.16. The minimum absolute atomic E-state index is 0.0805. The summed E-state index contributed by atoms with van der Waals surface area (Å²) in [4.78, 5) is 12.6. The number of ketones is 1. The Morgan fingerprint density at radius 2 is 1.89 bits per heavy atom. The SMILES string of the molecule is CC1CCC(CN)(C(=O)c2ccc(F)cc2)CC1. The zero-order valence-corrected chi connectivity index (χ0v) is 10.8. The Morgan fingerprint density at radius 3 is 2.39 bits per heavy atom. The zero-order chi connectivity index (χ0) is 13.2. The number of Topliss-reactive ketones (excluding diaryl/α,β-unsaturated/α-hetero) is 1. The minimum Gasteiger partial charge on any atom is -0.329 e. The molecule has 0 amide bonds. The van der Waals surface area contributed by atoms with Gasteiger partial charge in [-0.15, -0.1) is 0 Å². The van der Waals surface area contributed by atoms with Crippen LogP contribution in [-0.2, 0) is 0 Å². The van der Waals surface area contributed by atoms with Crippen molar-refractivity contribution in [2.45, 2.75) is 32.6 Å². The normalized spacial score (nSPS) is 28.1. The first kappa shape index (κ1) is 13.2. The second-order valence-corrected chi connectivity index (χ2v) is 5.50. The minimum atomic E-state index is -0.426. The Morgan fingerprint density at radius 1 is 1.33 bits per heavy atom. The fourth-order valence-corrected chi connectivity index (χ4v) is 2.75. The lowest BCUT2D eigenvalue weighted by molar-refractivity contribution is 0.0695. The molecule has 1 fully saturated rings. The first-order valence-corrected chi connectivity index (χ1v) is 6.58. The molecule has 3 heteroatoms. The van der Waals surface area contributed by atoms with Gasteiger partial charge >= 0.3 is 0 Å². The third-order valence-electron chi connectivity index (χ3n) is 4.21. The van der Waals surface area contributed by atoms with Crippen LogP contribution in [-0.4, -0.2) is 12.3 Å². The average Bonchev–Trinajstić information content (AvgIpc) is 2.40. The number of halogens is 1. The zero-order valence-electron chi connectivity index (χ0n) is 10.8. The van der Waals surface area contributed by atoms with E-state index in [0.717, 1.165) is 25.7 Å². The van der Waals surface area contributed by atoms with Crippen LogP contribution in [0.25, 0.3) is 0 Å². The molecule has 1 aromatic rings. The maximum absolute atomic E-state index is 12.9. The Labute approximate surface area is 107 Å². The summed E-state index contributed by atoms with van der Waals surface area (Å²) in [5, 5.41) is 0. The molecule has 2 nitrogen and oxygen atoms in total. The number of nitrogens with two attached hydrogens (primary N) is 1. The van der Waals surface area contributed by atoms with Crippen molar-refractivity contribution in [3.8, 4) is 0 Å². The van der Waals surface area contributed by atoms with E-state index in [2.05, 4.69) is 6.92 Å². The van der Waals surface area contributed by atoms with Crippen molar-refractivity contribution >= 4 is 5.78 Å². The first-order chi connectivity index (χ1) is 8.57. The molecule has 0 aromatic heterocycles. The smallest absolute Gasteiger partial charge is 0.170 e. The third kappa shape index (κ3) is 2.46. The van der Waals surface area contributed by atoms with Crippen LogP contribution in [0.3, 0.4) is 0 Å². The van der Waals surface area contributed by atoms with Gasteiger partial charge in [-0.25, -0.2) is 4.39 Å². The topological polar surface area (TPSA) is 43.1 Å². The molecule has 0 heterocycles. The second kappa shape index (κ2) is 5.19. The maximum atomic E-state index is 12.9. The fraction of sp³-hybridized carbons (Fsp3) is 0.533. The summed E-state index contributed by atoms with van der Waals surface area (Å²) in [7, 11) is 0. The van der Waals surface area contributed by atoms with Crippen molar-refractivity contribution in [1.29, 1.82) is 0 Å². The van der Waals surface area contributed by atoms with Crippen LogP contribution in [0.2, 0.25) is 0 Å². The van der Waals surface area contributed by atoms with Crippen molar-refractivity contribution in [3.05, 3.63) is 35.6 Å². The number of benzene rings is 1. The summed E-state index contributed by atoms with van der Waals surface area (Å²) >= 11 is 0. The lowest BCUT2D eigenvalue weighted by Crippen LogP contribution is -2.41. The molecule has 0 bridgehead atoms. The van der Waals surface area contributed by atoms with Gasteiger partial charge in [0.2, 0.25) is 0 Å². The van der Waals surface area contributed by atoms with Crippen molar-refractivity contribution in [3.63, 3.8) is 0 Å². The summed E-state index contributed by atoms with van der Waals surface area (Å²) < 4.78 is 12.9. The molecule has 2 rings (SSSR count). The highest BCUT2D eigenvalue weighted by Crippen LogP contribution is 2.40. The van der Waals surface area contributed by atoms with Crippen molar-refractivity contribution in [2.75, 3.05) is 6.54 Å². The molecule has 1 aliphatic rings. The van der Waals surface area contributed by atoms with Gasteiger partial charge in [0.25, 0.3) is 0 Å². The summed E-state index contributed by atoms with van der Waals surface area (Å²) in [6.07, 6.45) is 3.79. The standard InChI is InChI=1S/C15H20FNO/c1-11-6-8-15(10-17,9-7-11)14(18)12-2-4-13(16)5-3-12/h2-5,11H,6-10,17H2,1H3. The maximum Gasteiger partial charge on any atom is 0.170 e. The van der Waals surface area contributed by atoms with Crippen LogP contribution in [0.1, 0.15) is 43.0 Å². The molecule has 1 aromatic carbocycles. The van der Waals surface area contributed by atoms with Gasteiger partial charge in [0.15, 0.2) is 5.78 Å². The van der Waals surface area contributed by atoms with Gasteiger partial charge in [-0.2, -0.15) is 0 Å². The van der Waals surface area contributed by atoms with E-state index in [1.807, 2.05) is 0 Å². The quantitative estimate of drug-likeness (QED) is 0.836. The van der Waals surface area contributed by atoms with E-state index >= 15 is 0 Å². The van der Waals surface area contributed by atoms with E-state index in [1.165, 1.54) is 12.1 Å². The Bertz CT molecular complexity index is 419. The average molecular weight is 249 g/mol. The highest BCUT2D eigenvalue weighted by Gasteiger charge is 2.39. The molecule has 98 valence electrons. The fourth-order valence-electron chi connectivity index (χ4n) is 2.75. The van der Waals surface area contributed by atoms with Gasteiger partial charge < -0.3 is 5.73 Å². The lowest BCUT2D eigenvalue weighted by atomic mass is 9.67. The number of carbonyl (C=O) groups excluding carboxylic acids is 1. The molecule has 1 aliphatic carbocycles. The van der Waals surface area contributed by atoms with Gasteiger partial charge in [-0.1, -0.05) is 6.92 Å². The van der Waals surface area contributed by atoms with Crippen molar-refractivity contribution in [1.82, 2.24) is 0 Å². The molecule has 0 saturated heterocycles. The lowest BCUT2D eigenvalue weighted by Gasteiger charge is -2.37. The molecular weight excluding hydrogens is 229 g/mol. The van der Waals surface area contributed by atoms with Crippen molar-refractivity contribution in [2.24, 2.45) is 17.1 Å².